The van der Waals surface area contributed by atoms with Gasteiger partial charge in [-0.3, -0.25) is 9.69 Å². The summed E-state index contributed by atoms with van der Waals surface area (Å²) in [6.45, 7) is 0.553. The van der Waals surface area contributed by atoms with Crippen LogP contribution >= 0.6 is 0 Å². The largest absolute Gasteiger partial charge is 0.497 e. The Kier molecular flexibility index (Phi) is 7.18. The SMILES string of the molecule is COc1cccc(S(=O)(=O)NCCCCN2C(=O)C(c3ccccc3)(c3ccccc3)N=C2N)c1. The quantitative estimate of drug-likeness (QED) is 0.423. The lowest BCUT2D eigenvalue weighted by atomic mass is 9.83. The zero-order chi connectivity index (χ0) is 24.9. The number of ether oxygens (including phenoxy) is 1. The van der Waals surface area contributed by atoms with Gasteiger partial charge in [0.25, 0.3) is 5.91 Å². The second kappa shape index (κ2) is 10.3. The van der Waals surface area contributed by atoms with Crippen LogP contribution in [0.2, 0.25) is 0 Å². The molecule has 1 aliphatic heterocycles. The van der Waals surface area contributed by atoms with Gasteiger partial charge in [-0.15, -0.1) is 0 Å². The van der Waals surface area contributed by atoms with Gasteiger partial charge < -0.3 is 10.5 Å². The van der Waals surface area contributed by atoms with Crippen molar-refractivity contribution in [1.29, 1.82) is 0 Å². The second-order valence-corrected chi connectivity index (χ2v) is 9.92. The number of carbonyl (C=O) groups excluding carboxylic acids is 1. The minimum atomic E-state index is -3.66. The summed E-state index contributed by atoms with van der Waals surface area (Å²) >= 11 is 0. The normalized spacial score (nSPS) is 15.2. The molecule has 1 amide bonds. The molecule has 0 aromatic heterocycles. The van der Waals surface area contributed by atoms with E-state index in [4.69, 9.17) is 10.5 Å². The topological polar surface area (TPSA) is 114 Å². The Labute approximate surface area is 205 Å². The van der Waals surface area contributed by atoms with Gasteiger partial charge in [-0.2, -0.15) is 0 Å². The molecule has 3 N–H and O–H groups in total. The number of sulfonamides is 1. The molecule has 35 heavy (non-hydrogen) atoms. The van der Waals surface area contributed by atoms with Gasteiger partial charge in [0.15, 0.2) is 11.5 Å². The number of carbonyl (C=O) groups is 1. The number of hydrogen-bond donors (Lipinski definition) is 2. The third-order valence-electron chi connectivity index (χ3n) is 5.95. The maximum atomic E-state index is 13.7. The highest BCUT2D eigenvalue weighted by Crippen LogP contribution is 2.39. The van der Waals surface area contributed by atoms with Crippen molar-refractivity contribution in [2.75, 3.05) is 20.2 Å². The Balaban J connectivity index is 1.42. The van der Waals surface area contributed by atoms with Crippen LogP contribution in [0.3, 0.4) is 0 Å². The van der Waals surface area contributed by atoms with Crippen molar-refractivity contribution in [3.05, 3.63) is 96.1 Å². The number of nitrogens with one attached hydrogen (secondary N) is 1. The molecule has 0 atom stereocenters. The lowest BCUT2D eigenvalue weighted by Crippen LogP contribution is -2.44. The van der Waals surface area contributed by atoms with Gasteiger partial charge in [-0.25, -0.2) is 18.1 Å². The summed E-state index contributed by atoms with van der Waals surface area (Å²) < 4.78 is 32.8. The van der Waals surface area contributed by atoms with Gasteiger partial charge in [-0.1, -0.05) is 66.7 Å². The van der Waals surface area contributed by atoms with Crippen LogP contribution in [0.4, 0.5) is 0 Å². The van der Waals surface area contributed by atoms with E-state index >= 15 is 0 Å². The summed E-state index contributed by atoms with van der Waals surface area (Å²) in [7, 11) is -2.18. The number of nitrogens with two attached hydrogens (primary N) is 1. The molecule has 182 valence electrons. The van der Waals surface area contributed by atoms with E-state index in [0.717, 1.165) is 11.1 Å². The number of guanidine groups is 1. The van der Waals surface area contributed by atoms with Crippen LogP contribution in [0.25, 0.3) is 0 Å². The second-order valence-electron chi connectivity index (χ2n) is 8.15. The Morgan fingerprint density at radius 3 is 2.17 bits per heavy atom. The molecule has 0 saturated carbocycles. The molecule has 0 fully saturated rings. The van der Waals surface area contributed by atoms with Crippen LogP contribution in [-0.2, 0) is 20.4 Å². The molecule has 0 aliphatic carbocycles. The lowest BCUT2D eigenvalue weighted by Gasteiger charge is -2.27. The molecule has 0 unspecified atom stereocenters. The van der Waals surface area contributed by atoms with Crippen LogP contribution in [0.5, 0.6) is 5.75 Å². The first kappa shape index (κ1) is 24.4. The zero-order valence-electron chi connectivity index (χ0n) is 19.4. The van der Waals surface area contributed by atoms with E-state index in [1.807, 2.05) is 60.7 Å². The van der Waals surface area contributed by atoms with E-state index < -0.39 is 15.6 Å². The third-order valence-corrected chi connectivity index (χ3v) is 7.41. The summed E-state index contributed by atoms with van der Waals surface area (Å²) in [4.78, 5) is 20.0. The van der Waals surface area contributed by atoms with Crippen molar-refractivity contribution in [3.63, 3.8) is 0 Å². The van der Waals surface area contributed by atoms with Gasteiger partial charge in [0.05, 0.1) is 12.0 Å². The van der Waals surface area contributed by atoms with Crippen LogP contribution in [0, 0.1) is 0 Å². The Hall–Kier alpha value is -3.69. The van der Waals surface area contributed by atoms with Gasteiger partial charge in [0.1, 0.15) is 5.75 Å². The Morgan fingerprint density at radius 2 is 1.57 bits per heavy atom. The van der Waals surface area contributed by atoms with Crippen molar-refractivity contribution in [1.82, 2.24) is 9.62 Å². The zero-order valence-corrected chi connectivity index (χ0v) is 20.2. The molecule has 0 spiro atoms. The lowest BCUT2D eigenvalue weighted by molar-refractivity contribution is -0.130. The highest BCUT2D eigenvalue weighted by atomic mass is 32.2. The fraction of sp³-hybridized carbons (Fsp3) is 0.231. The number of hydrogen-bond acceptors (Lipinski definition) is 6. The first-order valence-corrected chi connectivity index (χ1v) is 12.8. The van der Waals surface area contributed by atoms with Crippen molar-refractivity contribution in [3.8, 4) is 5.75 Å². The van der Waals surface area contributed by atoms with Crippen molar-refractivity contribution in [2.24, 2.45) is 10.7 Å². The Morgan fingerprint density at radius 1 is 0.943 bits per heavy atom. The molecule has 4 rings (SSSR count). The third kappa shape index (κ3) is 4.91. The molecule has 3 aromatic rings. The highest BCUT2D eigenvalue weighted by Gasteiger charge is 2.50. The molecule has 1 heterocycles. The maximum Gasteiger partial charge on any atom is 0.266 e. The molecule has 0 radical (unpaired) electrons. The average Bonchev–Trinajstić information content (AvgIpc) is 3.15. The van der Waals surface area contributed by atoms with Crippen molar-refractivity contribution >= 4 is 21.9 Å². The van der Waals surface area contributed by atoms with Crippen LogP contribution in [-0.4, -0.2) is 45.4 Å². The number of nitrogens with zero attached hydrogens (tertiary/aromatic N) is 2. The molecule has 3 aromatic carbocycles. The van der Waals surface area contributed by atoms with E-state index in [1.54, 1.807) is 12.1 Å². The minimum absolute atomic E-state index is 0.137. The molecule has 9 heteroatoms. The summed E-state index contributed by atoms with van der Waals surface area (Å²) in [5.41, 5.74) is 6.49. The standard InChI is InChI=1S/C26H28N4O4S/c1-34-22-15-10-16-23(19-22)35(32,33)28-17-8-9-18-30-24(31)26(29-25(30)27,20-11-4-2-5-12-20)21-13-6-3-7-14-21/h2-7,10-16,19,28H,8-9,17-18H2,1H3,(H2,27,29). The molecule has 1 aliphatic rings. The highest BCUT2D eigenvalue weighted by molar-refractivity contribution is 7.89. The summed E-state index contributed by atoms with van der Waals surface area (Å²) in [5, 5.41) is 0. The van der Waals surface area contributed by atoms with Gasteiger partial charge in [0, 0.05) is 19.2 Å². The number of rotatable bonds is 10. The number of aliphatic imine (C=N–C) groups is 1. The van der Waals surface area contributed by atoms with Crippen LogP contribution in [0.1, 0.15) is 24.0 Å². The monoisotopic (exact) mass is 492 g/mol. The number of benzene rings is 3. The molecule has 0 bridgehead atoms. The first-order valence-electron chi connectivity index (χ1n) is 11.3. The van der Waals surface area contributed by atoms with E-state index in [1.165, 1.54) is 24.1 Å². The smallest absolute Gasteiger partial charge is 0.266 e. The molecule has 0 saturated heterocycles. The number of methoxy groups -OCH3 is 1. The van der Waals surface area contributed by atoms with Gasteiger partial charge in [-0.05, 0) is 36.1 Å². The fourth-order valence-electron chi connectivity index (χ4n) is 4.15. The number of unbranched alkanes of at least 4 members (excludes halogenated alkanes) is 1. The fourth-order valence-corrected chi connectivity index (χ4v) is 5.26. The molecule has 8 nitrogen and oxygen atoms in total. The van der Waals surface area contributed by atoms with Gasteiger partial charge in [0.2, 0.25) is 10.0 Å². The predicted molar refractivity (Wildman–Crippen MR) is 134 cm³/mol. The van der Waals surface area contributed by atoms with E-state index in [-0.39, 0.29) is 23.3 Å². The average molecular weight is 493 g/mol. The first-order chi connectivity index (χ1) is 16.9. The molecular weight excluding hydrogens is 464 g/mol. The van der Waals surface area contributed by atoms with Crippen LogP contribution < -0.4 is 15.2 Å². The minimum Gasteiger partial charge on any atom is -0.497 e. The van der Waals surface area contributed by atoms with Crippen LogP contribution in [0.15, 0.2) is 94.8 Å². The maximum absolute atomic E-state index is 13.7. The van der Waals surface area contributed by atoms with E-state index in [0.29, 0.717) is 25.1 Å². The Bertz CT molecular complexity index is 1270. The predicted octanol–water partition coefficient (Wildman–Crippen LogP) is 2.85. The molecular formula is C26H28N4O4S. The number of amides is 1. The summed E-state index contributed by atoms with van der Waals surface area (Å²) in [5.74, 6) is 0.402. The summed E-state index contributed by atoms with van der Waals surface area (Å²) in [6.07, 6.45) is 1.06. The van der Waals surface area contributed by atoms with E-state index in [2.05, 4.69) is 9.71 Å². The van der Waals surface area contributed by atoms with E-state index in [9.17, 15) is 13.2 Å². The summed E-state index contributed by atoms with van der Waals surface area (Å²) in [6, 6.07) is 25.0. The van der Waals surface area contributed by atoms with Gasteiger partial charge >= 0.3 is 0 Å². The van der Waals surface area contributed by atoms with Crippen molar-refractivity contribution in [2.45, 2.75) is 23.3 Å². The van der Waals surface area contributed by atoms with Crippen molar-refractivity contribution < 1.29 is 17.9 Å².